The van der Waals surface area contributed by atoms with Crippen LogP contribution >= 0.6 is 11.3 Å². The Hall–Kier alpha value is -7.62. The molecule has 0 unspecified atom stereocenters. The molecule has 1 aliphatic rings. The Morgan fingerprint density at radius 3 is 1.46 bits per heavy atom. The molecule has 9 heterocycles. The van der Waals surface area contributed by atoms with Gasteiger partial charge in [0.1, 0.15) is 18.9 Å². The van der Waals surface area contributed by atoms with Gasteiger partial charge in [-0.15, -0.1) is 16.4 Å². The average Bonchev–Trinajstić information content (AvgIpc) is 4.26. The Labute approximate surface area is 505 Å². The van der Waals surface area contributed by atoms with E-state index in [0.29, 0.717) is 53.4 Å². The van der Waals surface area contributed by atoms with Crippen molar-refractivity contribution < 1.29 is 14.7 Å². The van der Waals surface area contributed by atoms with Crippen LogP contribution in [0.5, 0.6) is 0 Å². The van der Waals surface area contributed by atoms with Crippen molar-refractivity contribution in [1.29, 1.82) is 0 Å². The topological polar surface area (TPSA) is 254 Å². The molecule has 84 heavy (non-hydrogen) atoms. The fourth-order valence-corrected chi connectivity index (χ4v) is 7.46. The molecular weight excluding hydrogens is 1080 g/mol. The molecule has 0 spiro atoms. The Kier molecular flexibility index (Phi) is 35.2. The SMILES string of the molecule is CC(C)C1=NC=CC1.CC(C)c1cn(C)cn1.CC(C)c1cn(CC(=O)O)cn1.CC(C)c1cn(CC(N)=O)cn1.CC(C)c1cncn1C.CC(C)c1cnn(C)c1.CC(C)c1cscn1.CC(C)n1ccnn1.Cc1ncc(C(C)C)[nH]1. The second kappa shape index (κ2) is 39.8. The number of carboxylic acids is 1. The molecule has 464 valence electrons. The van der Waals surface area contributed by atoms with Crippen molar-refractivity contribution in [2.24, 2.45) is 37.8 Å². The Bertz CT molecular complexity index is 2810. The second-order valence-electron chi connectivity index (χ2n) is 22.9. The van der Waals surface area contributed by atoms with E-state index in [-0.39, 0.29) is 19.0 Å². The molecule has 1 amide bonds. The van der Waals surface area contributed by atoms with Gasteiger partial charge in [-0.05, 0) is 73.7 Å². The lowest BCUT2D eigenvalue weighted by Gasteiger charge is -2.03. The molecule has 0 fully saturated rings. The molecule has 21 nitrogen and oxygen atoms in total. The Morgan fingerprint density at radius 2 is 1.21 bits per heavy atom. The number of rotatable bonds is 13. The van der Waals surface area contributed by atoms with Crippen LogP contribution in [-0.2, 0) is 43.8 Å². The summed E-state index contributed by atoms with van der Waals surface area (Å²) < 4.78 is 10.9. The third-order valence-corrected chi connectivity index (χ3v) is 12.6. The molecule has 9 rings (SSSR count). The van der Waals surface area contributed by atoms with Gasteiger partial charge < -0.3 is 34.1 Å². The number of thiazole rings is 1. The number of carbonyl (C=O) groups excluding carboxylic acids is 1. The molecule has 1 aliphatic heterocycles. The molecular formula is C62H102N18O3S. The summed E-state index contributed by atoms with van der Waals surface area (Å²) in [5, 5.41) is 22.0. The minimum Gasteiger partial charge on any atom is -0.480 e. The van der Waals surface area contributed by atoms with Gasteiger partial charge >= 0.3 is 5.97 Å². The van der Waals surface area contributed by atoms with Crippen molar-refractivity contribution in [2.45, 2.75) is 199 Å². The zero-order chi connectivity index (χ0) is 63.6. The summed E-state index contributed by atoms with van der Waals surface area (Å²) in [6.45, 7) is 40.3. The number of imidazole rings is 5. The quantitative estimate of drug-likeness (QED) is 0.0974. The predicted octanol–water partition coefficient (Wildman–Crippen LogP) is 13.2. The molecule has 0 saturated heterocycles. The highest BCUT2D eigenvalue weighted by Gasteiger charge is 2.08. The van der Waals surface area contributed by atoms with Gasteiger partial charge in [0, 0.05) is 106 Å². The summed E-state index contributed by atoms with van der Waals surface area (Å²) in [6.07, 6.45) is 28.8. The summed E-state index contributed by atoms with van der Waals surface area (Å²) in [5.41, 5.74) is 16.3. The lowest BCUT2D eigenvalue weighted by atomic mass is 10.1. The molecule has 8 aromatic heterocycles. The van der Waals surface area contributed by atoms with Crippen LogP contribution in [0.2, 0.25) is 0 Å². The maximum Gasteiger partial charge on any atom is 0.323 e. The number of primary amides is 1. The van der Waals surface area contributed by atoms with Crippen LogP contribution in [0.25, 0.3) is 0 Å². The van der Waals surface area contributed by atoms with E-state index in [9.17, 15) is 9.59 Å². The highest BCUT2D eigenvalue weighted by Crippen LogP contribution is 2.15. The zero-order valence-electron chi connectivity index (χ0n) is 54.5. The number of H-pyrrole nitrogens is 1. The molecule has 0 saturated carbocycles. The van der Waals surface area contributed by atoms with E-state index in [4.69, 9.17) is 10.8 Å². The number of carboxylic acid groups (broad SMARTS) is 1. The third-order valence-electron chi connectivity index (χ3n) is 12.0. The highest BCUT2D eigenvalue weighted by molar-refractivity contribution is 7.07. The van der Waals surface area contributed by atoms with Gasteiger partial charge in [-0.3, -0.25) is 23.9 Å². The fourth-order valence-electron chi connectivity index (χ4n) is 6.75. The number of aromatic nitrogens is 16. The van der Waals surface area contributed by atoms with Crippen LogP contribution in [0.1, 0.15) is 224 Å². The van der Waals surface area contributed by atoms with Gasteiger partial charge in [-0.1, -0.05) is 122 Å². The lowest BCUT2D eigenvalue weighted by molar-refractivity contribution is -0.137. The van der Waals surface area contributed by atoms with E-state index >= 15 is 0 Å². The molecule has 22 heteroatoms. The number of nitrogens with one attached hydrogen (secondary N) is 1. The first-order valence-electron chi connectivity index (χ1n) is 28.8. The first-order chi connectivity index (χ1) is 39.4. The second-order valence-corrected chi connectivity index (χ2v) is 23.6. The van der Waals surface area contributed by atoms with Crippen LogP contribution in [0.4, 0.5) is 0 Å². The van der Waals surface area contributed by atoms with Crippen molar-refractivity contribution in [3.8, 4) is 0 Å². The largest absolute Gasteiger partial charge is 0.480 e. The first-order valence-corrected chi connectivity index (χ1v) is 29.8. The van der Waals surface area contributed by atoms with E-state index in [1.54, 1.807) is 50.2 Å². The minimum absolute atomic E-state index is 0.0142. The van der Waals surface area contributed by atoms with Crippen molar-refractivity contribution in [3.05, 3.63) is 150 Å². The van der Waals surface area contributed by atoms with E-state index in [1.807, 2.05) is 123 Å². The number of aromatic amines is 1. The normalized spacial score (nSPS) is 11.2. The zero-order valence-corrected chi connectivity index (χ0v) is 55.4. The van der Waals surface area contributed by atoms with E-state index in [2.05, 4.69) is 178 Å². The summed E-state index contributed by atoms with van der Waals surface area (Å²) in [6, 6.07) is 0.428. The minimum atomic E-state index is -0.845. The van der Waals surface area contributed by atoms with Gasteiger partial charge in [0.05, 0.1) is 66.0 Å². The average molecular weight is 1180 g/mol. The summed E-state index contributed by atoms with van der Waals surface area (Å²) in [4.78, 5) is 52.7. The van der Waals surface area contributed by atoms with Crippen molar-refractivity contribution >= 4 is 28.9 Å². The predicted molar refractivity (Wildman–Crippen MR) is 341 cm³/mol. The van der Waals surface area contributed by atoms with Gasteiger partial charge in [-0.25, -0.2) is 29.9 Å². The number of amides is 1. The smallest absolute Gasteiger partial charge is 0.323 e. The van der Waals surface area contributed by atoms with Crippen molar-refractivity contribution in [3.63, 3.8) is 0 Å². The van der Waals surface area contributed by atoms with E-state index < -0.39 is 5.97 Å². The number of hydrogen-bond acceptors (Lipinski definition) is 13. The lowest BCUT2D eigenvalue weighted by Crippen LogP contribution is -2.17. The number of allylic oxidation sites excluding steroid dienone is 1. The third kappa shape index (κ3) is 31.7. The van der Waals surface area contributed by atoms with Crippen molar-refractivity contribution in [1.82, 2.24) is 77.9 Å². The Morgan fingerprint density at radius 1 is 0.643 bits per heavy atom. The van der Waals surface area contributed by atoms with Gasteiger partial charge in [-0.2, -0.15) is 5.10 Å². The molecule has 0 radical (unpaired) electrons. The number of carbonyl (C=O) groups is 2. The summed E-state index contributed by atoms with van der Waals surface area (Å²) >= 11 is 1.66. The number of aryl methyl sites for hydroxylation is 4. The summed E-state index contributed by atoms with van der Waals surface area (Å²) in [7, 11) is 5.94. The molecule has 0 aromatic carbocycles. The number of hydrogen-bond donors (Lipinski definition) is 3. The van der Waals surface area contributed by atoms with Crippen LogP contribution in [0, 0.1) is 12.8 Å². The molecule has 8 aromatic rings. The maximum atomic E-state index is 10.5. The summed E-state index contributed by atoms with van der Waals surface area (Å²) in [5.74, 6) is 4.04. The molecule has 0 atom stereocenters. The van der Waals surface area contributed by atoms with Crippen LogP contribution in [0.3, 0.4) is 0 Å². The molecule has 0 aliphatic carbocycles. The highest BCUT2D eigenvalue weighted by atomic mass is 32.1. The fraction of sp³-hybridized carbons (Fsp3) is 0.548. The molecule has 4 N–H and O–H groups in total. The first kappa shape index (κ1) is 74.4. The number of nitrogens with two attached hydrogens (primary N) is 1. The van der Waals surface area contributed by atoms with Crippen molar-refractivity contribution in [2.75, 3.05) is 0 Å². The number of nitrogens with zero attached hydrogens (tertiary/aromatic N) is 16. The number of aliphatic carboxylic acids is 1. The van der Waals surface area contributed by atoms with E-state index in [0.717, 1.165) is 29.3 Å². The maximum absolute atomic E-state index is 10.5. The number of aliphatic imine (C=N–C) groups is 1. The monoisotopic (exact) mass is 1180 g/mol. The van der Waals surface area contributed by atoms with Gasteiger partial charge in [0.15, 0.2) is 0 Å². The molecule has 0 bridgehead atoms. The van der Waals surface area contributed by atoms with E-state index in [1.165, 1.54) is 28.4 Å². The van der Waals surface area contributed by atoms with Crippen LogP contribution in [-0.4, -0.2) is 101 Å². The standard InChI is InChI=1S/C8H13N3O.C8H12N2O2.4C7H12N2.C7H11N.C6H9NS.C5H9N3/c1-6(2)7-3-11(5-10-7)4-8(9)12;1-6(2)7-3-10(5-9-7)4-8(11)12;1-6(2)7-4-9(3)5-8-7;1-6(2)7-4-8-5-9(7)3;1-6(2)7-4-8-9(3)5-7;1-5(2)7-4-8-6(3)9-7;1-6(2)7-4-3-5-8-7;1-5(2)6-3-8-4-7-6;1-5(2)8-4-3-6-7-8/h3,5-6H,4H2,1-2H3,(H2,9,12);3,5-6H,4H2,1-2H3,(H,11,12);3*4-6H,1-3H3;4-5H,1-3H3,(H,8,9);3,5-6H,4H2,1-2H3;2*3-5H,1-2H3. The van der Waals surface area contributed by atoms with Gasteiger partial charge in [0.2, 0.25) is 5.91 Å². The van der Waals surface area contributed by atoms with Crippen LogP contribution in [0.15, 0.2) is 109 Å². The van der Waals surface area contributed by atoms with Crippen LogP contribution < -0.4 is 5.73 Å². The van der Waals surface area contributed by atoms with Gasteiger partial charge in [0.25, 0.3) is 0 Å². The Balaban J connectivity index is 0.000000474.